The fourth-order valence-electron chi connectivity index (χ4n) is 2.48. The second-order valence-electron chi connectivity index (χ2n) is 4.39. The van der Waals surface area contributed by atoms with Crippen LogP contribution in [0.5, 0.6) is 0 Å². The third-order valence-electron chi connectivity index (χ3n) is 3.37. The molecule has 1 heterocycles. The monoisotopic (exact) mass is 228 g/mol. The number of aryl methyl sites for hydroxylation is 1. The van der Waals surface area contributed by atoms with Gasteiger partial charge in [-0.3, -0.25) is 0 Å². The van der Waals surface area contributed by atoms with E-state index in [1.54, 1.807) is 6.07 Å². The van der Waals surface area contributed by atoms with Gasteiger partial charge in [0.15, 0.2) is 0 Å². The molecular formula is C14H13FN2. The fourth-order valence-corrected chi connectivity index (χ4v) is 2.48. The highest BCUT2D eigenvalue weighted by molar-refractivity contribution is 5.79. The van der Waals surface area contributed by atoms with Crippen molar-refractivity contribution in [3.8, 4) is 11.1 Å². The summed E-state index contributed by atoms with van der Waals surface area (Å²) in [5.41, 5.74) is 11.4. The molecule has 0 unspecified atom stereocenters. The van der Waals surface area contributed by atoms with E-state index in [2.05, 4.69) is 11.1 Å². The van der Waals surface area contributed by atoms with Crippen LogP contribution in [0.4, 0.5) is 10.1 Å². The minimum absolute atomic E-state index is 0.464. The summed E-state index contributed by atoms with van der Waals surface area (Å²) in [4.78, 5) is 3.67. The third-order valence-corrected chi connectivity index (χ3v) is 3.37. The van der Waals surface area contributed by atoms with Crippen molar-refractivity contribution in [3.05, 3.63) is 47.5 Å². The summed E-state index contributed by atoms with van der Waals surface area (Å²) in [7, 11) is 0. The Hall–Kier alpha value is -1.90. The van der Waals surface area contributed by atoms with Crippen molar-refractivity contribution in [1.82, 2.24) is 4.98 Å². The number of hydrogen-bond donors (Lipinski definition) is 1. The van der Waals surface area contributed by atoms with Gasteiger partial charge in [0.05, 0.1) is 0 Å². The Morgan fingerprint density at radius 3 is 2.76 bits per heavy atom. The van der Waals surface area contributed by atoms with Gasteiger partial charge in [-0.25, -0.2) is 4.98 Å². The van der Waals surface area contributed by atoms with Gasteiger partial charge in [0.25, 0.3) is 0 Å². The molecule has 0 radical (unpaired) electrons. The van der Waals surface area contributed by atoms with Crippen molar-refractivity contribution in [3.63, 3.8) is 0 Å². The molecule has 17 heavy (non-hydrogen) atoms. The van der Waals surface area contributed by atoms with Crippen molar-refractivity contribution in [2.45, 2.75) is 19.3 Å². The highest BCUT2D eigenvalue weighted by Crippen LogP contribution is 2.34. The molecule has 0 spiro atoms. The van der Waals surface area contributed by atoms with E-state index in [0.717, 1.165) is 29.7 Å². The molecule has 86 valence electrons. The normalized spacial score (nSPS) is 13.7. The summed E-state index contributed by atoms with van der Waals surface area (Å²) < 4.78 is 12.8. The molecule has 2 aromatic rings. The van der Waals surface area contributed by atoms with Crippen LogP contribution < -0.4 is 5.73 Å². The van der Waals surface area contributed by atoms with Gasteiger partial charge >= 0.3 is 0 Å². The van der Waals surface area contributed by atoms with E-state index in [0.29, 0.717) is 0 Å². The van der Waals surface area contributed by atoms with Crippen LogP contribution in [0.2, 0.25) is 0 Å². The lowest BCUT2D eigenvalue weighted by Crippen LogP contribution is -1.97. The molecule has 0 amide bonds. The number of benzene rings is 1. The summed E-state index contributed by atoms with van der Waals surface area (Å²) in [6.07, 6.45) is 4.86. The van der Waals surface area contributed by atoms with Gasteiger partial charge in [-0.1, -0.05) is 12.1 Å². The molecule has 0 saturated heterocycles. The van der Waals surface area contributed by atoms with Crippen LogP contribution in [0.25, 0.3) is 11.1 Å². The number of hydrogen-bond acceptors (Lipinski definition) is 2. The molecule has 0 saturated carbocycles. The number of rotatable bonds is 1. The molecule has 0 atom stereocenters. The largest absolute Gasteiger partial charge is 0.398 e. The number of nitrogens with two attached hydrogens (primary N) is 1. The van der Waals surface area contributed by atoms with Crippen LogP contribution in [0, 0.1) is 5.95 Å². The second kappa shape index (κ2) is 3.84. The average Bonchev–Trinajstić information content (AvgIpc) is 2.80. The minimum Gasteiger partial charge on any atom is -0.398 e. The maximum Gasteiger partial charge on any atom is 0.212 e. The van der Waals surface area contributed by atoms with Gasteiger partial charge < -0.3 is 5.73 Å². The third kappa shape index (κ3) is 1.68. The summed E-state index contributed by atoms with van der Waals surface area (Å²) in [6.45, 7) is 0. The molecule has 0 aliphatic heterocycles. The highest BCUT2D eigenvalue weighted by atomic mass is 19.1. The SMILES string of the molecule is Nc1c(-c2ccc(F)nc2)ccc2c1CCC2. The number of fused-ring (bicyclic) bond motifs is 1. The van der Waals surface area contributed by atoms with Crippen LogP contribution in [0.15, 0.2) is 30.5 Å². The number of anilines is 1. The summed E-state index contributed by atoms with van der Waals surface area (Å²) >= 11 is 0. The van der Waals surface area contributed by atoms with Gasteiger partial charge in [0, 0.05) is 23.0 Å². The molecule has 0 fully saturated rings. The Morgan fingerprint density at radius 2 is 2.00 bits per heavy atom. The summed E-state index contributed by atoms with van der Waals surface area (Å²) in [6, 6.07) is 7.21. The Bertz CT molecular complexity index is 561. The maximum atomic E-state index is 12.8. The van der Waals surface area contributed by atoms with E-state index < -0.39 is 5.95 Å². The van der Waals surface area contributed by atoms with Gasteiger partial charge in [-0.05, 0) is 42.5 Å². The first-order chi connectivity index (χ1) is 8.25. The van der Waals surface area contributed by atoms with Gasteiger partial charge in [0.2, 0.25) is 5.95 Å². The quantitative estimate of drug-likeness (QED) is 0.602. The van der Waals surface area contributed by atoms with Crippen molar-refractivity contribution >= 4 is 5.69 Å². The molecular weight excluding hydrogens is 215 g/mol. The van der Waals surface area contributed by atoms with E-state index >= 15 is 0 Å². The number of nitrogens with zero attached hydrogens (tertiary/aromatic N) is 1. The number of aromatic nitrogens is 1. The molecule has 2 N–H and O–H groups in total. The summed E-state index contributed by atoms with van der Waals surface area (Å²) in [5, 5.41) is 0. The molecule has 1 aromatic carbocycles. The Morgan fingerprint density at radius 1 is 1.12 bits per heavy atom. The molecule has 1 aromatic heterocycles. The van der Waals surface area contributed by atoms with Crippen molar-refractivity contribution < 1.29 is 4.39 Å². The highest BCUT2D eigenvalue weighted by Gasteiger charge is 2.16. The van der Waals surface area contributed by atoms with Gasteiger partial charge in [-0.15, -0.1) is 0 Å². The predicted molar refractivity (Wildman–Crippen MR) is 66.1 cm³/mol. The maximum absolute atomic E-state index is 12.8. The zero-order valence-electron chi connectivity index (χ0n) is 9.41. The van der Waals surface area contributed by atoms with E-state index in [1.165, 1.54) is 29.8 Å². The van der Waals surface area contributed by atoms with Crippen molar-refractivity contribution in [2.24, 2.45) is 0 Å². The van der Waals surface area contributed by atoms with Crippen LogP contribution in [0.1, 0.15) is 17.5 Å². The first-order valence-electron chi connectivity index (χ1n) is 5.78. The Kier molecular flexibility index (Phi) is 2.32. The van der Waals surface area contributed by atoms with E-state index in [4.69, 9.17) is 5.73 Å². The molecule has 0 bridgehead atoms. The molecule has 1 aliphatic rings. The standard InChI is InChI=1S/C14H13FN2/c15-13-7-5-10(8-17-13)12-6-4-9-2-1-3-11(9)14(12)16/h4-8H,1-3,16H2. The minimum atomic E-state index is -0.464. The lowest BCUT2D eigenvalue weighted by Gasteiger charge is -2.10. The number of nitrogen functional groups attached to an aromatic ring is 1. The lowest BCUT2D eigenvalue weighted by molar-refractivity contribution is 0.584. The van der Waals surface area contributed by atoms with E-state index in [1.807, 2.05) is 6.07 Å². The smallest absolute Gasteiger partial charge is 0.212 e. The van der Waals surface area contributed by atoms with Crippen LogP contribution in [-0.2, 0) is 12.8 Å². The first kappa shape index (κ1) is 10.3. The second-order valence-corrected chi connectivity index (χ2v) is 4.39. The zero-order chi connectivity index (χ0) is 11.8. The Balaban J connectivity index is 2.12. The lowest BCUT2D eigenvalue weighted by atomic mass is 9.99. The topological polar surface area (TPSA) is 38.9 Å². The predicted octanol–water partition coefficient (Wildman–Crippen LogP) is 2.96. The van der Waals surface area contributed by atoms with Crippen molar-refractivity contribution in [2.75, 3.05) is 5.73 Å². The van der Waals surface area contributed by atoms with Gasteiger partial charge in [-0.2, -0.15) is 4.39 Å². The first-order valence-corrected chi connectivity index (χ1v) is 5.78. The fraction of sp³-hybridized carbons (Fsp3) is 0.214. The van der Waals surface area contributed by atoms with E-state index in [9.17, 15) is 4.39 Å². The van der Waals surface area contributed by atoms with Crippen LogP contribution >= 0.6 is 0 Å². The number of halogens is 1. The van der Waals surface area contributed by atoms with Crippen LogP contribution in [0.3, 0.4) is 0 Å². The Labute approximate surface area is 99.3 Å². The zero-order valence-corrected chi connectivity index (χ0v) is 9.41. The molecule has 3 rings (SSSR count). The van der Waals surface area contributed by atoms with E-state index in [-0.39, 0.29) is 0 Å². The van der Waals surface area contributed by atoms with Gasteiger partial charge in [0.1, 0.15) is 0 Å². The summed E-state index contributed by atoms with van der Waals surface area (Å²) in [5.74, 6) is -0.464. The molecule has 3 heteroatoms. The average molecular weight is 228 g/mol. The molecule has 1 aliphatic carbocycles. The van der Waals surface area contributed by atoms with Crippen LogP contribution in [-0.4, -0.2) is 4.98 Å². The van der Waals surface area contributed by atoms with Crippen molar-refractivity contribution in [1.29, 1.82) is 0 Å². The number of pyridine rings is 1. The molecule has 2 nitrogen and oxygen atoms in total.